The Balaban J connectivity index is 2.41. The number of rotatable bonds is 3. The first-order chi connectivity index (χ1) is 7.32. The first-order valence-corrected chi connectivity index (χ1v) is 6.84. The molecule has 0 aliphatic carbocycles. The van der Waals surface area contributed by atoms with Crippen molar-refractivity contribution in [1.82, 2.24) is 0 Å². The van der Waals surface area contributed by atoms with Crippen molar-refractivity contribution in [3.05, 3.63) is 35.4 Å². The molecule has 1 unspecified atom stereocenters. The third-order valence-corrected chi connectivity index (χ3v) is 4.71. The molecular weight excluding hydrogens is 202 g/mol. The highest BCUT2D eigenvalue weighted by Crippen LogP contribution is 2.39. The minimum absolute atomic E-state index is 0.261. The van der Waals surface area contributed by atoms with Gasteiger partial charge in [-0.1, -0.05) is 31.2 Å². The molecule has 0 saturated carbocycles. The molecule has 0 amide bonds. The van der Waals surface area contributed by atoms with Gasteiger partial charge >= 0.3 is 0 Å². The minimum atomic E-state index is 0.261. The molecule has 2 rings (SSSR count). The summed E-state index contributed by atoms with van der Waals surface area (Å²) in [7, 11) is 0. The average molecular weight is 221 g/mol. The maximum absolute atomic E-state index is 6.01. The van der Waals surface area contributed by atoms with Gasteiger partial charge in [-0.3, -0.25) is 0 Å². The van der Waals surface area contributed by atoms with E-state index in [1.807, 2.05) is 11.8 Å². The van der Waals surface area contributed by atoms with Crippen LogP contribution in [0.5, 0.6) is 0 Å². The fraction of sp³-hybridized carbons (Fsp3) is 0.538. The quantitative estimate of drug-likeness (QED) is 0.849. The first kappa shape index (κ1) is 11.0. The summed E-state index contributed by atoms with van der Waals surface area (Å²) in [6.07, 6.45) is 2.35. The lowest BCUT2D eigenvalue weighted by Crippen LogP contribution is -2.35. The summed E-state index contributed by atoms with van der Waals surface area (Å²) in [6.45, 7) is 3.02. The second-order valence-corrected chi connectivity index (χ2v) is 5.40. The maximum atomic E-state index is 6.01. The molecule has 0 bridgehead atoms. The molecule has 1 aromatic carbocycles. The molecule has 2 heteroatoms. The zero-order chi connectivity index (χ0) is 10.7. The fourth-order valence-electron chi connectivity index (χ4n) is 2.44. The summed E-state index contributed by atoms with van der Waals surface area (Å²) < 4.78 is 0. The van der Waals surface area contributed by atoms with E-state index in [4.69, 9.17) is 5.73 Å². The van der Waals surface area contributed by atoms with Crippen LogP contribution < -0.4 is 5.73 Å². The summed E-state index contributed by atoms with van der Waals surface area (Å²) in [5.41, 5.74) is 9.25. The van der Waals surface area contributed by atoms with Gasteiger partial charge in [0.25, 0.3) is 0 Å². The molecule has 2 N–H and O–H groups in total. The van der Waals surface area contributed by atoms with E-state index in [1.54, 1.807) is 0 Å². The molecule has 82 valence electrons. The second kappa shape index (κ2) is 4.58. The molecule has 1 atom stereocenters. The van der Waals surface area contributed by atoms with Crippen LogP contribution in [0.1, 0.15) is 24.5 Å². The molecule has 0 radical (unpaired) electrons. The van der Waals surface area contributed by atoms with Crippen molar-refractivity contribution in [1.29, 1.82) is 0 Å². The van der Waals surface area contributed by atoms with Crippen LogP contribution in [0.4, 0.5) is 0 Å². The maximum Gasteiger partial charge on any atom is 0.0176 e. The molecule has 1 aliphatic heterocycles. The first-order valence-electron chi connectivity index (χ1n) is 5.68. The average Bonchev–Trinajstić information content (AvgIpc) is 2.79. The van der Waals surface area contributed by atoms with Crippen LogP contribution in [-0.2, 0) is 11.8 Å². The molecule has 1 aliphatic rings. The van der Waals surface area contributed by atoms with Crippen LogP contribution in [-0.4, -0.2) is 18.1 Å². The monoisotopic (exact) mass is 221 g/mol. The van der Waals surface area contributed by atoms with Gasteiger partial charge in [-0.25, -0.2) is 0 Å². The van der Waals surface area contributed by atoms with E-state index in [1.165, 1.54) is 29.1 Å². The van der Waals surface area contributed by atoms with Crippen molar-refractivity contribution >= 4 is 11.8 Å². The van der Waals surface area contributed by atoms with Crippen molar-refractivity contribution in [2.24, 2.45) is 5.73 Å². The van der Waals surface area contributed by atoms with E-state index < -0.39 is 0 Å². The third-order valence-electron chi connectivity index (χ3n) is 3.46. The van der Waals surface area contributed by atoms with Crippen LogP contribution in [0.3, 0.4) is 0 Å². The van der Waals surface area contributed by atoms with Crippen LogP contribution >= 0.6 is 11.8 Å². The van der Waals surface area contributed by atoms with Crippen molar-refractivity contribution in [3.63, 3.8) is 0 Å². The third kappa shape index (κ3) is 1.93. The summed E-state index contributed by atoms with van der Waals surface area (Å²) in [5, 5.41) is 0. The SMILES string of the molecule is CCc1ccccc1C1(CN)CCSC1. The van der Waals surface area contributed by atoms with Crippen LogP contribution in [0.15, 0.2) is 24.3 Å². The summed E-state index contributed by atoms with van der Waals surface area (Å²) >= 11 is 2.04. The summed E-state index contributed by atoms with van der Waals surface area (Å²) in [4.78, 5) is 0. The largest absolute Gasteiger partial charge is 0.330 e. The molecule has 1 saturated heterocycles. The number of hydrogen-bond acceptors (Lipinski definition) is 2. The standard InChI is InChI=1S/C13H19NS/c1-2-11-5-3-4-6-12(11)13(9-14)7-8-15-10-13/h3-6H,2,7-10,14H2,1H3. The van der Waals surface area contributed by atoms with Crippen molar-refractivity contribution < 1.29 is 0 Å². The van der Waals surface area contributed by atoms with E-state index in [2.05, 4.69) is 31.2 Å². The van der Waals surface area contributed by atoms with Gasteiger partial charge in [0.05, 0.1) is 0 Å². The van der Waals surface area contributed by atoms with Crippen LogP contribution in [0.2, 0.25) is 0 Å². The number of nitrogens with two attached hydrogens (primary N) is 1. The van der Waals surface area contributed by atoms with Gasteiger partial charge < -0.3 is 5.73 Å². The highest BCUT2D eigenvalue weighted by atomic mass is 32.2. The van der Waals surface area contributed by atoms with Gasteiger partial charge in [-0.15, -0.1) is 0 Å². The van der Waals surface area contributed by atoms with E-state index >= 15 is 0 Å². The van der Waals surface area contributed by atoms with Crippen molar-refractivity contribution in [2.45, 2.75) is 25.2 Å². The smallest absolute Gasteiger partial charge is 0.0176 e. The lowest BCUT2D eigenvalue weighted by molar-refractivity contribution is 0.493. The lowest BCUT2D eigenvalue weighted by Gasteiger charge is -2.29. The van der Waals surface area contributed by atoms with E-state index in [-0.39, 0.29) is 5.41 Å². The Hall–Kier alpha value is -0.470. The Bertz CT molecular complexity index is 329. The predicted molar refractivity (Wildman–Crippen MR) is 68.5 cm³/mol. The van der Waals surface area contributed by atoms with E-state index in [9.17, 15) is 0 Å². The minimum Gasteiger partial charge on any atom is -0.330 e. The Labute approximate surface area is 96.4 Å². The molecule has 1 nitrogen and oxygen atoms in total. The van der Waals surface area contributed by atoms with Gasteiger partial charge in [0.1, 0.15) is 0 Å². The van der Waals surface area contributed by atoms with Gasteiger partial charge in [0, 0.05) is 17.7 Å². The van der Waals surface area contributed by atoms with E-state index in [0.717, 1.165) is 13.0 Å². The normalized spacial score (nSPS) is 25.7. The second-order valence-electron chi connectivity index (χ2n) is 4.30. The number of benzene rings is 1. The Morgan fingerprint density at radius 1 is 1.40 bits per heavy atom. The molecular formula is C13H19NS. The zero-order valence-electron chi connectivity index (χ0n) is 9.33. The molecule has 1 aromatic rings. The molecule has 1 fully saturated rings. The van der Waals surface area contributed by atoms with Crippen LogP contribution in [0, 0.1) is 0 Å². The summed E-state index contributed by atoms with van der Waals surface area (Å²) in [5.74, 6) is 2.45. The molecule has 0 spiro atoms. The van der Waals surface area contributed by atoms with Gasteiger partial charge in [0.15, 0.2) is 0 Å². The Morgan fingerprint density at radius 2 is 2.20 bits per heavy atom. The number of aryl methyl sites for hydroxylation is 1. The van der Waals surface area contributed by atoms with Gasteiger partial charge in [-0.2, -0.15) is 11.8 Å². The molecule has 15 heavy (non-hydrogen) atoms. The van der Waals surface area contributed by atoms with Crippen LogP contribution in [0.25, 0.3) is 0 Å². The highest BCUT2D eigenvalue weighted by Gasteiger charge is 2.35. The zero-order valence-corrected chi connectivity index (χ0v) is 10.1. The van der Waals surface area contributed by atoms with Gasteiger partial charge in [-0.05, 0) is 29.7 Å². The molecule has 0 aromatic heterocycles. The Morgan fingerprint density at radius 3 is 2.80 bits per heavy atom. The Kier molecular flexibility index (Phi) is 3.37. The predicted octanol–water partition coefficient (Wildman–Crippen LogP) is 2.58. The van der Waals surface area contributed by atoms with E-state index in [0.29, 0.717) is 0 Å². The highest BCUT2D eigenvalue weighted by molar-refractivity contribution is 7.99. The topological polar surface area (TPSA) is 26.0 Å². The van der Waals surface area contributed by atoms with Crippen molar-refractivity contribution in [2.75, 3.05) is 18.1 Å². The fourth-order valence-corrected chi connectivity index (χ4v) is 3.92. The molecule has 1 heterocycles. The lowest BCUT2D eigenvalue weighted by atomic mass is 9.77. The van der Waals surface area contributed by atoms with Crippen molar-refractivity contribution in [3.8, 4) is 0 Å². The van der Waals surface area contributed by atoms with Gasteiger partial charge in [0.2, 0.25) is 0 Å². The summed E-state index contributed by atoms with van der Waals surface area (Å²) in [6, 6.07) is 8.80. The number of thioether (sulfide) groups is 1. The number of hydrogen-bond donors (Lipinski definition) is 1.